The molecule has 8 heteroatoms. The Morgan fingerprint density at radius 2 is 1.85 bits per heavy atom. The first-order valence-corrected chi connectivity index (χ1v) is 6.41. The van der Waals surface area contributed by atoms with Crippen molar-refractivity contribution in [2.45, 2.75) is 25.1 Å². The highest BCUT2D eigenvalue weighted by molar-refractivity contribution is 6.36. The number of nitrogens with one attached hydrogen (secondary N) is 1. The third kappa shape index (κ3) is 5.56. The van der Waals surface area contributed by atoms with E-state index in [2.05, 4.69) is 5.32 Å². The van der Waals surface area contributed by atoms with Crippen molar-refractivity contribution in [3.63, 3.8) is 0 Å². The van der Waals surface area contributed by atoms with Gasteiger partial charge in [-0.1, -0.05) is 29.3 Å². The molecule has 1 amide bonds. The lowest BCUT2D eigenvalue weighted by molar-refractivity contribution is -0.144. The van der Waals surface area contributed by atoms with Crippen molar-refractivity contribution in [1.82, 2.24) is 5.32 Å². The fourth-order valence-electron chi connectivity index (χ4n) is 1.49. The van der Waals surface area contributed by atoms with E-state index < -0.39 is 31.0 Å². The summed E-state index contributed by atoms with van der Waals surface area (Å²) in [6.45, 7) is -0.264. The number of halogens is 5. The van der Waals surface area contributed by atoms with Gasteiger partial charge in [0.2, 0.25) is 5.91 Å². The minimum Gasteiger partial charge on any atom is -0.386 e. The molecule has 0 heterocycles. The van der Waals surface area contributed by atoms with E-state index >= 15 is 0 Å². The van der Waals surface area contributed by atoms with Crippen LogP contribution in [0.3, 0.4) is 0 Å². The number of hydrogen-bond acceptors (Lipinski definition) is 2. The summed E-state index contributed by atoms with van der Waals surface area (Å²) in [5, 5.41) is 12.5. The van der Waals surface area contributed by atoms with Crippen molar-refractivity contribution in [2.24, 2.45) is 0 Å². The van der Waals surface area contributed by atoms with Crippen LogP contribution in [-0.4, -0.2) is 23.7 Å². The molecule has 112 valence electrons. The monoisotopic (exact) mass is 329 g/mol. The normalized spacial score (nSPS) is 13.1. The van der Waals surface area contributed by atoms with Crippen LogP contribution in [0.15, 0.2) is 18.2 Å². The second kappa shape index (κ2) is 7.15. The molecule has 0 fully saturated rings. The Morgan fingerprint density at radius 3 is 2.35 bits per heavy atom. The van der Waals surface area contributed by atoms with Gasteiger partial charge in [-0.25, -0.2) is 0 Å². The minimum absolute atomic E-state index is 0.217. The molecule has 0 saturated carbocycles. The molecule has 0 aliphatic heterocycles. The number of carbonyl (C=O) groups is 1. The van der Waals surface area contributed by atoms with Crippen LogP contribution in [0.2, 0.25) is 10.0 Å². The highest BCUT2D eigenvalue weighted by Crippen LogP contribution is 2.29. The van der Waals surface area contributed by atoms with Crippen LogP contribution in [0.5, 0.6) is 0 Å². The topological polar surface area (TPSA) is 49.3 Å². The first-order valence-electron chi connectivity index (χ1n) is 5.66. The van der Waals surface area contributed by atoms with E-state index in [4.69, 9.17) is 23.2 Å². The van der Waals surface area contributed by atoms with E-state index in [1.807, 2.05) is 0 Å². The molecular weight excluding hydrogens is 318 g/mol. The van der Waals surface area contributed by atoms with Crippen LogP contribution in [-0.2, 0) is 4.79 Å². The molecule has 3 nitrogen and oxygen atoms in total. The molecular formula is C12H12Cl2F3NO2. The van der Waals surface area contributed by atoms with Gasteiger partial charge in [-0.3, -0.25) is 4.79 Å². The van der Waals surface area contributed by atoms with Gasteiger partial charge in [0.25, 0.3) is 0 Å². The van der Waals surface area contributed by atoms with Crippen molar-refractivity contribution < 1.29 is 23.1 Å². The molecule has 0 aliphatic carbocycles. The SMILES string of the molecule is O=C(CCC(F)(F)F)NCC(O)c1c(Cl)cccc1Cl. The molecule has 1 unspecified atom stereocenters. The lowest BCUT2D eigenvalue weighted by Gasteiger charge is -2.15. The molecule has 0 bridgehead atoms. The van der Waals surface area contributed by atoms with Crippen LogP contribution >= 0.6 is 23.2 Å². The van der Waals surface area contributed by atoms with Crippen molar-refractivity contribution in [2.75, 3.05) is 6.54 Å². The summed E-state index contributed by atoms with van der Waals surface area (Å²) >= 11 is 11.7. The summed E-state index contributed by atoms with van der Waals surface area (Å²) in [6, 6.07) is 4.61. The molecule has 1 aromatic carbocycles. The fourth-order valence-corrected chi connectivity index (χ4v) is 2.13. The number of hydrogen-bond donors (Lipinski definition) is 2. The van der Waals surface area contributed by atoms with Gasteiger partial charge in [-0.2, -0.15) is 13.2 Å². The smallest absolute Gasteiger partial charge is 0.386 e. The first-order chi connectivity index (χ1) is 9.20. The summed E-state index contributed by atoms with van der Waals surface area (Å²) in [6.07, 6.45) is -7.47. The first kappa shape index (κ1) is 17.1. The lowest BCUT2D eigenvalue weighted by atomic mass is 10.1. The second-order valence-electron chi connectivity index (χ2n) is 4.07. The van der Waals surface area contributed by atoms with Crippen molar-refractivity contribution in [3.8, 4) is 0 Å². The largest absolute Gasteiger partial charge is 0.389 e. The molecule has 0 aromatic heterocycles. The molecule has 1 atom stereocenters. The van der Waals surface area contributed by atoms with Gasteiger partial charge in [0.15, 0.2) is 0 Å². The van der Waals surface area contributed by atoms with Gasteiger partial charge in [0.1, 0.15) is 0 Å². The Morgan fingerprint density at radius 1 is 1.30 bits per heavy atom. The average Bonchev–Trinajstić information content (AvgIpc) is 2.32. The van der Waals surface area contributed by atoms with Crippen molar-refractivity contribution >= 4 is 29.1 Å². The molecule has 20 heavy (non-hydrogen) atoms. The maximum atomic E-state index is 11.9. The average molecular weight is 330 g/mol. The van der Waals surface area contributed by atoms with Crippen LogP contribution in [0.1, 0.15) is 24.5 Å². The number of alkyl halides is 3. The highest BCUT2D eigenvalue weighted by Gasteiger charge is 2.28. The van der Waals surface area contributed by atoms with Crippen molar-refractivity contribution in [3.05, 3.63) is 33.8 Å². The maximum absolute atomic E-state index is 11.9. The summed E-state index contributed by atoms with van der Waals surface area (Å²) in [5.41, 5.74) is 0.229. The Kier molecular flexibility index (Phi) is 6.10. The van der Waals surface area contributed by atoms with Gasteiger partial charge < -0.3 is 10.4 Å². The second-order valence-corrected chi connectivity index (χ2v) is 4.88. The lowest BCUT2D eigenvalue weighted by Crippen LogP contribution is -2.29. The molecule has 0 radical (unpaired) electrons. The van der Waals surface area contributed by atoms with E-state index in [0.717, 1.165) is 0 Å². The fraction of sp³-hybridized carbons (Fsp3) is 0.417. The van der Waals surface area contributed by atoms with E-state index in [-0.39, 0.29) is 22.2 Å². The van der Waals surface area contributed by atoms with Gasteiger partial charge >= 0.3 is 6.18 Å². The standard InChI is InChI=1S/C12H12Cl2F3NO2/c13-7-2-1-3-8(14)11(7)9(19)6-18-10(20)4-5-12(15,16)17/h1-3,9,19H,4-6H2,(H,18,20). The number of aliphatic hydroxyl groups is 1. The number of benzene rings is 1. The molecule has 1 aromatic rings. The molecule has 0 spiro atoms. The highest BCUT2D eigenvalue weighted by atomic mass is 35.5. The molecule has 0 saturated heterocycles. The zero-order valence-electron chi connectivity index (χ0n) is 10.2. The Bertz CT molecular complexity index is 460. The molecule has 2 N–H and O–H groups in total. The number of rotatable bonds is 5. The zero-order valence-corrected chi connectivity index (χ0v) is 11.7. The van der Waals surface area contributed by atoms with Crippen LogP contribution in [0.25, 0.3) is 0 Å². The van der Waals surface area contributed by atoms with Crippen LogP contribution in [0.4, 0.5) is 13.2 Å². The number of amides is 1. The summed E-state index contributed by atoms with van der Waals surface area (Å²) < 4.78 is 35.8. The summed E-state index contributed by atoms with van der Waals surface area (Å²) in [4.78, 5) is 11.2. The van der Waals surface area contributed by atoms with Gasteiger partial charge in [0.05, 0.1) is 12.5 Å². The van der Waals surface area contributed by atoms with Crippen molar-refractivity contribution in [1.29, 1.82) is 0 Å². The molecule has 1 rings (SSSR count). The van der Waals surface area contributed by atoms with Gasteiger partial charge in [-0.05, 0) is 12.1 Å². The quantitative estimate of drug-likeness (QED) is 0.868. The minimum atomic E-state index is -4.39. The van der Waals surface area contributed by atoms with Crippen LogP contribution < -0.4 is 5.32 Å². The van der Waals surface area contributed by atoms with Gasteiger partial charge in [0, 0.05) is 28.6 Å². The number of carbonyl (C=O) groups excluding carboxylic acids is 1. The summed E-state index contributed by atoms with van der Waals surface area (Å²) in [5.74, 6) is -0.801. The zero-order chi connectivity index (χ0) is 15.3. The predicted octanol–water partition coefficient (Wildman–Crippen LogP) is 3.49. The Hall–Kier alpha value is -0.980. The predicted molar refractivity (Wildman–Crippen MR) is 69.7 cm³/mol. The Labute approximate surface area is 123 Å². The third-order valence-electron chi connectivity index (χ3n) is 2.46. The van der Waals surface area contributed by atoms with Gasteiger partial charge in [-0.15, -0.1) is 0 Å². The number of aliphatic hydroxyl groups excluding tert-OH is 1. The van der Waals surface area contributed by atoms with E-state index in [1.54, 1.807) is 6.07 Å². The van der Waals surface area contributed by atoms with E-state index in [1.165, 1.54) is 12.1 Å². The Balaban J connectivity index is 2.51. The maximum Gasteiger partial charge on any atom is 0.389 e. The third-order valence-corrected chi connectivity index (χ3v) is 3.12. The summed E-state index contributed by atoms with van der Waals surface area (Å²) in [7, 11) is 0. The van der Waals surface area contributed by atoms with E-state index in [9.17, 15) is 23.1 Å². The van der Waals surface area contributed by atoms with E-state index in [0.29, 0.717) is 0 Å². The van der Waals surface area contributed by atoms with Crippen LogP contribution in [0, 0.1) is 0 Å². The molecule has 0 aliphatic rings.